The number of ether oxygens (including phenoxy) is 2. The molecule has 0 saturated carbocycles. The number of hydrogen-bond acceptors (Lipinski definition) is 5. The molecular formula is C23H19F3N2O5S. The summed E-state index contributed by atoms with van der Waals surface area (Å²) < 4.78 is 76.0. The van der Waals surface area contributed by atoms with E-state index in [1.165, 1.54) is 49.6 Å². The number of alkyl halides is 3. The predicted molar refractivity (Wildman–Crippen MR) is 119 cm³/mol. The van der Waals surface area contributed by atoms with E-state index < -0.39 is 27.7 Å². The molecule has 4 aromatic rings. The minimum atomic E-state index is -4.89. The van der Waals surface area contributed by atoms with Crippen molar-refractivity contribution in [1.29, 1.82) is 0 Å². The molecule has 0 unspecified atom stereocenters. The van der Waals surface area contributed by atoms with Crippen molar-refractivity contribution in [2.75, 3.05) is 7.11 Å². The zero-order valence-corrected chi connectivity index (χ0v) is 18.9. The lowest BCUT2D eigenvalue weighted by Gasteiger charge is -2.15. The van der Waals surface area contributed by atoms with Crippen LogP contribution in [-0.2, 0) is 16.6 Å². The van der Waals surface area contributed by atoms with Gasteiger partial charge in [0.05, 0.1) is 29.5 Å². The number of halogens is 3. The minimum Gasteiger partial charge on any atom is -0.497 e. The Kier molecular flexibility index (Phi) is 5.90. The summed E-state index contributed by atoms with van der Waals surface area (Å²) in [6.07, 6.45) is -4.89. The first kappa shape index (κ1) is 23.4. The van der Waals surface area contributed by atoms with E-state index in [9.17, 15) is 26.4 Å². The monoisotopic (exact) mass is 492 g/mol. The first-order chi connectivity index (χ1) is 16.0. The molecule has 1 aromatic heterocycles. The molecule has 0 amide bonds. The van der Waals surface area contributed by atoms with E-state index in [0.29, 0.717) is 5.75 Å². The van der Waals surface area contributed by atoms with Crippen LogP contribution in [0.1, 0.15) is 11.1 Å². The molecule has 0 bridgehead atoms. The number of benzene rings is 3. The zero-order chi connectivity index (χ0) is 24.7. The molecule has 0 N–H and O–H groups in total. The summed E-state index contributed by atoms with van der Waals surface area (Å²) in [4.78, 5) is 13.2. The Bertz CT molecular complexity index is 1520. The van der Waals surface area contributed by atoms with E-state index in [0.717, 1.165) is 26.5 Å². The number of aromatic nitrogens is 2. The Labute approximate surface area is 192 Å². The molecule has 0 aliphatic carbocycles. The lowest BCUT2D eigenvalue weighted by Crippen LogP contribution is -2.28. The van der Waals surface area contributed by atoms with Crippen LogP contribution >= 0.6 is 0 Å². The van der Waals surface area contributed by atoms with Gasteiger partial charge in [-0.25, -0.2) is 4.68 Å². The van der Waals surface area contributed by atoms with Gasteiger partial charge >= 0.3 is 6.36 Å². The Hall–Kier alpha value is -3.73. The average molecular weight is 492 g/mol. The molecule has 0 spiro atoms. The maximum absolute atomic E-state index is 13.6. The van der Waals surface area contributed by atoms with Gasteiger partial charge < -0.3 is 9.47 Å². The molecule has 7 nitrogen and oxygen atoms in total. The lowest BCUT2D eigenvalue weighted by molar-refractivity contribution is -0.274. The maximum Gasteiger partial charge on any atom is 0.573 e. The van der Waals surface area contributed by atoms with Crippen LogP contribution in [0.3, 0.4) is 0 Å². The second-order valence-corrected chi connectivity index (χ2v) is 9.27. The molecule has 178 valence electrons. The molecule has 3 aromatic carbocycles. The molecule has 0 aliphatic rings. The molecule has 34 heavy (non-hydrogen) atoms. The van der Waals surface area contributed by atoms with Crippen LogP contribution in [0.2, 0.25) is 0 Å². The van der Waals surface area contributed by atoms with Gasteiger partial charge in [0.25, 0.3) is 15.6 Å². The van der Waals surface area contributed by atoms with Gasteiger partial charge in [-0.15, -0.1) is 13.2 Å². The fraction of sp³-hybridized carbons (Fsp3) is 0.174. The standard InChI is InChI=1S/C23H19F3N2O5S/c1-15-6-9-19(10-7-15)34(30,31)28-21-11-8-17(32-2)13-20(21)22(29)27(28)14-16-4-3-5-18(12-16)33-23(24,25)26/h3-13H,14H2,1-2H3. The fourth-order valence-corrected chi connectivity index (χ4v) is 5.04. The molecular weight excluding hydrogens is 473 g/mol. The second kappa shape index (κ2) is 8.56. The highest BCUT2D eigenvalue weighted by Gasteiger charge is 2.31. The Morgan fingerprint density at radius 1 is 0.941 bits per heavy atom. The quantitative estimate of drug-likeness (QED) is 0.401. The van der Waals surface area contributed by atoms with Gasteiger partial charge in [-0.3, -0.25) is 4.79 Å². The molecule has 0 aliphatic heterocycles. The minimum absolute atomic E-state index is 0.0475. The highest BCUT2D eigenvalue weighted by atomic mass is 32.2. The van der Waals surface area contributed by atoms with Crippen LogP contribution in [0.5, 0.6) is 11.5 Å². The van der Waals surface area contributed by atoms with Crippen LogP contribution in [0.15, 0.2) is 76.4 Å². The van der Waals surface area contributed by atoms with Crippen LogP contribution in [0.25, 0.3) is 10.9 Å². The number of aryl methyl sites for hydroxylation is 1. The topological polar surface area (TPSA) is 79.5 Å². The molecule has 0 atom stereocenters. The van der Waals surface area contributed by atoms with Crippen molar-refractivity contribution in [3.63, 3.8) is 0 Å². The first-order valence-electron chi connectivity index (χ1n) is 9.96. The van der Waals surface area contributed by atoms with Gasteiger partial charge in [-0.2, -0.15) is 12.5 Å². The van der Waals surface area contributed by atoms with Gasteiger partial charge in [0.1, 0.15) is 11.5 Å². The number of hydrogen-bond donors (Lipinski definition) is 0. The summed E-state index contributed by atoms with van der Waals surface area (Å²) in [7, 11) is -2.83. The molecule has 0 fully saturated rings. The predicted octanol–water partition coefficient (Wildman–Crippen LogP) is 4.30. The van der Waals surface area contributed by atoms with Crippen molar-refractivity contribution in [3.05, 3.63) is 88.2 Å². The van der Waals surface area contributed by atoms with Crippen LogP contribution < -0.4 is 15.0 Å². The summed E-state index contributed by atoms with van der Waals surface area (Å²) >= 11 is 0. The Morgan fingerprint density at radius 3 is 2.29 bits per heavy atom. The van der Waals surface area contributed by atoms with Crippen molar-refractivity contribution >= 4 is 20.9 Å². The third-order valence-electron chi connectivity index (χ3n) is 5.10. The fourth-order valence-electron chi connectivity index (χ4n) is 3.55. The molecule has 0 saturated heterocycles. The van der Waals surface area contributed by atoms with E-state index in [1.54, 1.807) is 19.1 Å². The van der Waals surface area contributed by atoms with Gasteiger partial charge in [0.15, 0.2) is 0 Å². The van der Waals surface area contributed by atoms with E-state index in [2.05, 4.69) is 4.74 Å². The van der Waals surface area contributed by atoms with E-state index in [4.69, 9.17) is 4.74 Å². The van der Waals surface area contributed by atoms with Gasteiger partial charge in [0, 0.05) is 0 Å². The van der Waals surface area contributed by atoms with E-state index in [-0.39, 0.29) is 27.9 Å². The van der Waals surface area contributed by atoms with Crippen LogP contribution in [0, 0.1) is 6.92 Å². The van der Waals surface area contributed by atoms with Crippen molar-refractivity contribution in [2.45, 2.75) is 24.7 Å². The van der Waals surface area contributed by atoms with Crippen LogP contribution in [-0.4, -0.2) is 30.7 Å². The maximum atomic E-state index is 13.6. The van der Waals surface area contributed by atoms with Crippen molar-refractivity contribution in [1.82, 2.24) is 8.77 Å². The third kappa shape index (κ3) is 4.51. The highest BCUT2D eigenvalue weighted by molar-refractivity contribution is 7.90. The number of nitrogens with zero attached hydrogens (tertiary/aromatic N) is 2. The Morgan fingerprint density at radius 2 is 1.65 bits per heavy atom. The number of rotatable bonds is 6. The highest BCUT2D eigenvalue weighted by Crippen LogP contribution is 2.26. The van der Waals surface area contributed by atoms with Gasteiger partial charge in [0.2, 0.25) is 0 Å². The summed E-state index contributed by atoms with van der Waals surface area (Å²) in [5.41, 5.74) is 0.541. The van der Waals surface area contributed by atoms with E-state index in [1.807, 2.05) is 0 Å². The Balaban J connectivity index is 1.91. The molecule has 1 heterocycles. The zero-order valence-electron chi connectivity index (χ0n) is 18.0. The third-order valence-corrected chi connectivity index (χ3v) is 6.82. The SMILES string of the molecule is COc1ccc2c(c1)c(=O)n(Cc1cccc(OC(F)(F)F)c1)n2S(=O)(=O)c1ccc(C)cc1. The molecule has 11 heteroatoms. The first-order valence-corrected chi connectivity index (χ1v) is 11.4. The largest absolute Gasteiger partial charge is 0.573 e. The summed E-state index contributed by atoms with van der Waals surface area (Å²) in [5.74, 6) is -0.133. The van der Waals surface area contributed by atoms with Crippen molar-refractivity contribution in [3.8, 4) is 11.5 Å². The van der Waals surface area contributed by atoms with Crippen LogP contribution in [0.4, 0.5) is 13.2 Å². The number of fused-ring (bicyclic) bond motifs is 1. The smallest absolute Gasteiger partial charge is 0.497 e. The lowest BCUT2D eigenvalue weighted by atomic mass is 10.2. The second-order valence-electron chi connectivity index (χ2n) is 7.50. The summed E-state index contributed by atoms with van der Waals surface area (Å²) in [6.45, 7) is 1.48. The normalized spacial score (nSPS) is 12.1. The van der Waals surface area contributed by atoms with Crippen molar-refractivity contribution < 1.29 is 31.1 Å². The summed E-state index contributed by atoms with van der Waals surface area (Å²) in [6, 6.07) is 15.5. The summed E-state index contributed by atoms with van der Waals surface area (Å²) in [5, 5.41) is 0.0812. The van der Waals surface area contributed by atoms with Gasteiger partial charge in [-0.1, -0.05) is 29.8 Å². The van der Waals surface area contributed by atoms with Gasteiger partial charge in [-0.05, 0) is 55.0 Å². The van der Waals surface area contributed by atoms with E-state index >= 15 is 0 Å². The number of methoxy groups -OCH3 is 1. The molecule has 0 radical (unpaired) electrons. The molecule has 4 rings (SSSR count). The average Bonchev–Trinajstić information content (AvgIpc) is 3.04. The van der Waals surface area contributed by atoms with Crippen molar-refractivity contribution in [2.24, 2.45) is 0 Å².